The van der Waals surface area contributed by atoms with Crippen molar-refractivity contribution in [3.8, 4) is 0 Å². The molecule has 5 heteroatoms. The van der Waals surface area contributed by atoms with Crippen LogP contribution in [0.2, 0.25) is 5.02 Å². The minimum atomic E-state index is 0.681. The second-order valence-electron chi connectivity index (χ2n) is 3.67. The molecule has 0 saturated heterocycles. The first kappa shape index (κ1) is 13.9. The molecule has 2 aromatic rings. The predicted octanol–water partition coefficient (Wildman–Crippen LogP) is 4.37. The smallest absolute Gasteiger partial charge is 0.119 e. The van der Waals surface area contributed by atoms with Crippen molar-refractivity contribution in [3.63, 3.8) is 0 Å². The van der Waals surface area contributed by atoms with E-state index in [4.69, 9.17) is 11.6 Å². The lowest BCUT2D eigenvalue weighted by Crippen LogP contribution is -2.06. The molecule has 0 bridgehead atoms. The Kier molecular flexibility index (Phi) is 5.06. The van der Waals surface area contributed by atoms with Crippen molar-refractivity contribution < 1.29 is 0 Å². The highest BCUT2D eigenvalue weighted by Gasteiger charge is 2.08. The van der Waals surface area contributed by atoms with Crippen LogP contribution < -0.4 is 5.32 Å². The molecule has 0 saturated carbocycles. The first-order valence-corrected chi connectivity index (χ1v) is 7.41. The second-order valence-corrected chi connectivity index (χ2v) is 6.03. The SMILES string of the molecule is CNCc1cc(Br)ccc1Sc1ncccc1Cl. The quantitative estimate of drug-likeness (QED) is 0.892. The van der Waals surface area contributed by atoms with Crippen LogP contribution >= 0.6 is 39.3 Å². The standard InChI is InChI=1S/C13H12BrClN2S/c1-16-8-9-7-10(14)4-5-12(9)18-13-11(15)3-2-6-17-13/h2-7,16H,8H2,1H3. The number of nitrogens with zero attached hydrogens (tertiary/aromatic N) is 1. The summed E-state index contributed by atoms with van der Waals surface area (Å²) in [5.74, 6) is 0. The summed E-state index contributed by atoms with van der Waals surface area (Å²) >= 11 is 11.2. The first-order valence-electron chi connectivity index (χ1n) is 5.42. The van der Waals surface area contributed by atoms with Gasteiger partial charge in [-0.1, -0.05) is 39.3 Å². The van der Waals surface area contributed by atoms with Crippen molar-refractivity contribution in [1.82, 2.24) is 10.3 Å². The lowest BCUT2D eigenvalue weighted by molar-refractivity contribution is 0.802. The molecule has 94 valence electrons. The average molecular weight is 344 g/mol. The van der Waals surface area contributed by atoms with Gasteiger partial charge >= 0.3 is 0 Å². The van der Waals surface area contributed by atoms with E-state index in [-0.39, 0.29) is 0 Å². The van der Waals surface area contributed by atoms with Crippen LogP contribution in [0.25, 0.3) is 0 Å². The van der Waals surface area contributed by atoms with E-state index in [2.05, 4.69) is 38.4 Å². The summed E-state index contributed by atoms with van der Waals surface area (Å²) in [7, 11) is 1.93. The zero-order valence-electron chi connectivity index (χ0n) is 9.78. The lowest BCUT2D eigenvalue weighted by Gasteiger charge is -2.09. The summed E-state index contributed by atoms with van der Waals surface area (Å²) in [5, 5.41) is 4.68. The summed E-state index contributed by atoms with van der Waals surface area (Å²) in [6.45, 7) is 0.812. The number of aromatic nitrogens is 1. The van der Waals surface area contributed by atoms with Crippen molar-refractivity contribution in [2.45, 2.75) is 16.5 Å². The topological polar surface area (TPSA) is 24.9 Å². The molecule has 0 fully saturated rings. The van der Waals surface area contributed by atoms with Gasteiger partial charge in [0.05, 0.1) is 5.02 Å². The number of halogens is 2. The number of benzene rings is 1. The van der Waals surface area contributed by atoms with Gasteiger partial charge < -0.3 is 5.32 Å². The molecule has 0 aliphatic heterocycles. The lowest BCUT2D eigenvalue weighted by atomic mass is 10.2. The van der Waals surface area contributed by atoms with E-state index in [0.717, 1.165) is 20.9 Å². The summed E-state index contributed by atoms with van der Waals surface area (Å²) in [6, 6.07) is 9.90. The third-order valence-corrected chi connectivity index (χ3v) is 4.37. The van der Waals surface area contributed by atoms with Gasteiger partial charge in [-0.2, -0.15) is 0 Å². The van der Waals surface area contributed by atoms with Gasteiger partial charge in [0.25, 0.3) is 0 Å². The van der Waals surface area contributed by atoms with Crippen molar-refractivity contribution in [2.75, 3.05) is 7.05 Å². The van der Waals surface area contributed by atoms with Crippen molar-refractivity contribution in [3.05, 3.63) is 51.6 Å². The molecule has 1 aromatic carbocycles. The minimum absolute atomic E-state index is 0.681. The summed E-state index contributed by atoms with van der Waals surface area (Å²) in [5.41, 5.74) is 1.22. The summed E-state index contributed by atoms with van der Waals surface area (Å²) in [6.07, 6.45) is 1.75. The Balaban J connectivity index is 2.31. The van der Waals surface area contributed by atoms with E-state index < -0.39 is 0 Å². The molecule has 0 amide bonds. The summed E-state index contributed by atoms with van der Waals surface area (Å²) in [4.78, 5) is 5.46. The van der Waals surface area contributed by atoms with E-state index >= 15 is 0 Å². The van der Waals surface area contributed by atoms with Gasteiger partial charge in [-0.25, -0.2) is 4.98 Å². The summed E-state index contributed by atoms with van der Waals surface area (Å²) < 4.78 is 1.07. The molecule has 0 radical (unpaired) electrons. The molecule has 1 aromatic heterocycles. The van der Waals surface area contributed by atoms with Crippen LogP contribution in [0.1, 0.15) is 5.56 Å². The van der Waals surface area contributed by atoms with Crippen LogP contribution in [-0.4, -0.2) is 12.0 Å². The van der Waals surface area contributed by atoms with Crippen molar-refractivity contribution >= 4 is 39.3 Å². The fourth-order valence-electron chi connectivity index (χ4n) is 1.53. The highest BCUT2D eigenvalue weighted by Crippen LogP contribution is 2.34. The maximum absolute atomic E-state index is 6.13. The van der Waals surface area contributed by atoms with Crippen LogP contribution in [0.15, 0.2) is 50.9 Å². The molecule has 0 unspecified atom stereocenters. The fourth-order valence-corrected chi connectivity index (χ4v) is 3.06. The van der Waals surface area contributed by atoms with Gasteiger partial charge in [0.2, 0.25) is 0 Å². The molecule has 18 heavy (non-hydrogen) atoms. The van der Waals surface area contributed by atoms with E-state index in [1.54, 1.807) is 18.0 Å². The molecule has 0 atom stereocenters. The molecule has 0 aliphatic carbocycles. The van der Waals surface area contributed by atoms with E-state index in [1.807, 2.05) is 25.2 Å². The van der Waals surface area contributed by atoms with E-state index in [0.29, 0.717) is 5.02 Å². The molecule has 2 nitrogen and oxygen atoms in total. The van der Waals surface area contributed by atoms with Crippen molar-refractivity contribution in [2.24, 2.45) is 0 Å². The van der Waals surface area contributed by atoms with Gasteiger partial charge in [0.1, 0.15) is 5.03 Å². The van der Waals surface area contributed by atoms with Crippen LogP contribution in [0.5, 0.6) is 0 Å². The second kappa shape index (κ2) is 6.57. The van der Waals surface area contributed by atoms with Gasteiger partial charge in [-0.3, -0.25) is 0 Å². The third-order valence-electron chi connectivity index (χ3n) is 2.32. The monoisotopic (exact) mass is 342 g/mol. The van der Waals surface area contributed by atoms with Crippen LogP contribution in [-0.2, 0) is 6.54 Å². The minimum Gasteiger partial charge on any atom is -0.316 e. The molecule has 0 spiro atoms. The Morgan fingerprint density at radius 2 is 2.22 bits per heavy atom. The normalized spacial score (nSPS) is 10.6. The average Bonchev–Trinajstić information content (AvgIpc) is 2.35. The number of hydrogen-bond donors (Lipinski definition) is 1. The Labute approximate surface area is 124 Å². The Bertz CT molecular complexity index is 548. The fraction of sp³-hybridized carbons (Fsp3) is 0.154. The molecule has 2 rings (SSSR count). The largest absolute Gasteiger partial charge is 0.316 e. The van der Waals surface area contributed by atoms with Gasteiger partial charge in [0, 0.05) is 22.1 Å². The molecular weight excluding hydrogens is 332 g/mol. The van der Waals surface area contributed by atoms with Crippen LogP contribution in [0, 0.1) is 0 Å². The van der Waals surface area contributed by atoms with Crippen LogP contribution in [0.3, 0.4) is 0 Å². The molecule has 1 heterocycles. The number of hydrogen-bond acceptors (Lipinski definition) is 3. The zero-order valence-corrected chi connectivity index (χ0v) is 12.9. The Hall–Kier alpha value is -0.550. The van der Waals surface area contributed by atoms with Gasteiger partial charge in [-0.05, 0) is 42.9 Å². The number of nitrogens with one attached hydrogen (secondary N) is 1. The van der Waals surface area contributed by atoms with Gasteiger partial charge in [0.15, 0.2) is 0 Å². The molecule has 0 aliphatic rings. The third kappa shape index (κ3) is 3.48. The van der Waals surface area contributed by atoms with Crippen molar-refractivity contribution in [1.29, 1.82) is 0 Å². The molecule has 1 N–H and O–H groups in total. The Morgan fingerprint density at radius 3 is 2.94 bits per heavy atom. The first-order chi connectivity index (χ1) is 8.70. The van der Waals surface area contributed by atoms with Gasteiger partial charge in [-0.15, -0.1) is 0 Å². The van der Waals surface area contributed by atoms with E-state index in [1.165, 1.54) is 5.56 Å². The highest BCUT2D eigenvalue weighted by molar-refractivity contribution is 9.10. The Morgan fingerprint density at radius 1 is 1.39 bits per heavy atom. The zero-order chi connectivity index (χ0) is 13.0. The van der Waals surface area contributed by atoms with E-state index in [9.17, 15) is 0 Å². The maximum atomic E-state index is 6.13. The maximum Gasteiger partial charge on any atom is 0.119 e. The highest BCUT2D eigenvalue weighted by atomic mass is 79.9. The predicted molar refractivity (Wildman–Crippen MR) is 80.3 cm³/mol. The number of rotatable bonds is 4. The van der Waals surface area contributed by atoms with Crippen LogP contribution in [0.4, 0.5) is 0 Å². The molecular formula is C13H12BrClN2S. The number of pyridine rings is 1.